The van der Waals surface area contributed by atoms with Crippen LogP contribution in [0, 0.1) is 0 Å². The standard InChI is InChI=1S/C15H23N3O3/c1-2-21-14-12(4-3-5-13(14)16)15(20)18-8-6-17(7-9-18)10-11-19/h3-5,19H,2,6-11,16H2,1H3. The Morgan fingerprint density at radius 1 is 1.33 bits per heavy atom. The van der Waals surface area contributed by atoms with Gasteiger partial charge in [0.2, 0.25) is 0 Å². The van der Waals surface area contributed by atoms with Gasteiger partial charge in [0, 0.05) is 32.7 Å². The molecule has 0 radical (unpaired) electrons. The number of piperazine rings is 1. The number of carbonyl (C=O) groups is 1. The summed E-state index contributed by atoms with van der Waals surface area (Å²) in [6.45, 7) is 6.00. The molecular formula is C15H23N3O3. The second-order valence-corrected chi connectivity index (χ2v) is 5.01. The molecule has 6 nitrogen and oxygen atoms in total. The van der Waals surface area contributed by atoms with E-state index in [0.717, 1.165) is 13.1 Å². The van der Waals surface area contributed by atoms with Crippen LogP contribution in [0.1, 0.15) is 17.3 Å². The van der Waals surface area contributed by atoms with Crippen LogP contribution in [0.25, 0.3) is 0 Å². The number of hydrogen-bond donors (Lipinski definition) is 2. The van der Waals surface area contributed by atoms with Gasteiger partial charge in [-0.2, -0.15) is 0 Å². The lowest BCUT2D eigenvalue weighted by molar-refractivity contribution is 0.0611. The average molecular weight is 293 g/mol. The van der Waals surface area contributed by atoms with Crippen molar-refractivity contribution in [3.8, 4) is 5.75 Å². The smallest absolute Gasteiger partial charge is 0.257 e. The lowest BCUT2D eigenvalue weighted by Gasteiger charge is -2.34. The fourth-order valence-electron chi connectivity index (χ4n) is 2.52. The number of carbonyl (C=O) groups excluding carboxylic acids is 1. The lowest BCUT2D eigenvalue weighted by atomic mass is 10.1. The molecule has 1 amide bonds. The third kappa shape index (κ3) is 3.65. The van der Waals surface area contributed by atoms with E-state index in [4.69, 9.17) is 15.6 Å². The van der Waals surface area contributed by atoms with Crippen LogP contribution in [0.15, 0.2) is 18.2 Å². The van der Waals surface area contributed by atoms with E-state index < -0.39 is 0 Å². The van der Waals surface area contributed by atoms with Gasteiger partial charge in [-0.05, 0) is 19.1 Å². The Morgan fingerprint density at radius 3 is 2.67 bits per heavy atom. The van der Waals surface area contributed by atoms with Crippen molar-refractivity contribution in [2.75, 3.05) is 51.7 Å². The predicted molar refractivity (Wildman–Crippen MR) is 81.5 cm³/mol. The van der Waals surface area contributed by atoms with Crippen molar-refractivity contribution >= 4 is 11.6 Å². The molecule has 3 N–H and O–H groups in total. The number of β-amino-alcohol motifs (C(OH)–C–C–N with tert-alkyl or cyclic N) is 1. The SMILES string of the molecule is CCOc1c(N)cccc1C(=O)N1CCN(CCO)CC1. The van der Waals surface area contributed by atoms with Gasteiger partial charge in [-0.1, -0.05) is 6.07 Å². The first kappa shape index (κ1) is 15.6. The number of benzene rings is 1. The number of ether oxygens (including phenoxy) is 1. The van der Waals surface area contributed by atoms with Crippen LogP contribution >= 0.6 is 0 Å². The summed E-state index contributed by atoms with van der Waals surface area (Å²) in [5.41, 5.74) is 6.91. The van der Waals surface area contributed by atoms with Crippen molar-refractivity contribution in [1.29, 1.82) is 0 Å². The van der Waals surface area contributed by atoms with Gasteiger partial charge in [0.05, 0.1) is 24.5 Å². The van der Waals surface area contributed by atoms with Crippen LogP contribution in [0.5, 0.6) is 5.75 Å². The summed E-state index contributed by atoms with van der Waals surface area (Å²) >= 11 is 0. The number of para-hydroxylation sites is 1. The molecule has 0 aromatic heterocycles. The van der Waals surface area contributed by atoms with Crippen LogP contribution in [0.4, 0.5) is 5.69 Å². The van der Waals surface area contributed by atoms with Crippen molar-refractivity contribution in [1.82, 2.24) is 9.80 Å². The first-order valence-electron chi connectivity index (χ1n) is 7.31. The van der Waals surface area contributed by atoms with Gasteiger partial charge in [-0.25, -0.2) is 0 Å². The maximum Gasteiger partial charge on any atom is 0.257 e. The van der Waals surface area contributed by atoms with Gasteiger partial charge >= 0.3 is 0 Å². The molecule has 21 heavy (non-hydrogen) atoms. The number of aliphatic hydroxyl groups excluding tert-OH is 1. The summed E-state index contributed by atoms with van der Waals surface area (Å²) in [5.74, 6) is 0.428. The van der Waals surface area contributed by atoms with Crippen molar-refractivity contribution in [3.05, 3.63) is 23.8 Å². The maximum absolute atomic E-state index is 12.6. The van der Waals surface area contributed by atoms with Crippen molar-refractivity contribution in [2.45, 2.75) is 6.92 Å². The highest BCUT2D eigenvalue weighted by Crippen LogP contribution is 2.27. The second kappa shape index (κ2) is 7.28. The number of amides is 1. The Hall–Kier alpha value is -1.79. The zero-order valence-corrected chi connectivity index (χ0v) is 12.4. The Bertz CT molecular complexity index is 485. The number of aliphatic hydroxyl groups is 1. The highest BCUT2D eigenvalue weighted by molar-refractivity contribution is 5.98. The van der Waals surface area contributed by atoms with E-state index in [9.17, 15) is 4.79 Å². The number of nitrogens with zero attached hydrogens (tertiary/aromatic N) is 2. The van der Waals surface area contributed by atoms with Crippen LogP contribution in [-0.2, 0) is 0 Å². The largest absolute Gasteiger partial charge is 0.491 e. The molecule has 1 aromatic carbocycles. The zero-order chi connectivity index (χ0) is 15.2. The fourth-order valence-corrected chi connectivity index (χ4v) is 2.52. The van der Waals surface area contributed by atoms with Crippen molar-refractivity contribution < 1.29 is 14.6 Å². The highest BCUT2D eigenvalue weighted by Gasteiger charge is 2.24. The van der Waals surface area contributed by atoms with E-state index in [1.807, 2.05) is 11.8 Å². The van der Waals surface area contributed by atoms with Crippen molar-refractivity contribution in [2.24, 2.45) is 0 Å². The molecule has 2 rings (SSSR count). The molecule has 0 unspecified atom stereocenters. The predicted octanol–water partition coefficient (Wildman–Crippen LogP) is 0.418. The topological polar surface area (TPSA) is 79.0 Å². The van der Waals surface area contributed by atoms with E-state index in [2.05, 4.69) is 4.90 Å². The van der Waals surface area contributed by atoms with Crippen LogP contribution in [0.2, 0.25) is 0 Å². The maximum atomic E-state index is 12.6. The summed E-state index contributed by atoms with van der Waals surface area (Å²) in [4.78, 5) is 16.6. The minimum atomic E-state index is -0.0469. The molecular weight excluding hydrogens is 270 g/mol. The summed E-state index contributed by atoms with van der Waals surface area (Å²) in [5, 5.41) is 8.94. The summed E-state index contributed by atoms with van der Waals surface area (Å²) < 4.78 is 5.52. The molecule has 1 saturated heterocycles. The van der Waals surface area contributed by atoms with E-state index in [1.54, 1.807) is 18.2 Å². The lowest BCUT2D eigenvalue weighted by Crippen LogP contribution is -2.49. The first-order chi connectivity index (χ1) is 10.2. The molecule has 1 aliphatic rings. The summed E-state index contributed by atoms with van der Waals surface area (Å²) in [7, 11) is 0. The molecule has 6 heteroatoms. The number of hydrogen-bond acceptors (Lipinski definition) is 5. The molecule has 0 spiro atoms. The molecule has 0 saturated carbocycles. The van der Waals surface area contributed by atoms with E-state index in [1.165, 1.54) is 0 Å². The van der Waals surface area contributed by atoms with E-state index in [-0.39, 0.29) is 12.5 Å². The molecule has 1 aromatic rings. The number of anilines is 1. The normalized spacial score (nSPS) is 16.0. The molecule has 1 heterocycles. The fraction of sp³-hybridized carbons (Fsp3) is 0.533. The van der Waals surface area contributed by atoms with E-state index in [0.29, 0.717) is 43.2 Å². The van der Waals surface area contributed by atoms with E-state index >= 15 is 0 Å². The molecule has 1 aliphatic heterocycles. The minimum absolute atomic E-state index is 0.0469. The Labute approximate surface area is 125 Å². The number of nitrogen functional groups attached to an aromatic ring is 1. The first-order valence-corrected chi connectivity index (χ1v) is 7.31. The monoisotopic (exact) mass is 293 g/mol. The third-order valence-electron chi connectivity index (χ3n) is 3.64. The summed E-state index contributed by atoms with van der Waals surface area (Å²) in [6.07, 6.45) is 0. The molecule has 1 fully saturated rings. The molecule has 116 valence electrons. The minimum Gasteiger partial charge on any atom is -0.491 e. The van der Waals surface area contributed by atoms with Gasteiger partial charge < -0.3 is 20.5 Å². The van der Waals surface area contributed by atoms with Gasteiger partial charge in [0.1, 0.15) is 0 Å². The Kier molecular flexibility index (Phi) is 5.41. The molecule has 0 aliphatic carbocycles. The third-order valence-corrected chi connectivity index (χ3v) is 3.64. The summed E-state index contributed by atoms with van der Waals surface area (Å²) in [6, 6.07) is 5.26. The van der Waals surface area contributed by atoms with Crippen LogP contribution < -0.4 is 10.5 Å². The van der Waals surface area contributed by atoms with Crippen molar-refractivity contribution in [3.63, 3.8) is 0 Å². The number of nitrogens with two attached hydrogens (primary N) is 1. The van der Waals surface area contributed by atoms with Gasteiger partial charge in [-0.15, -0.1) is 0 Å². The van der Waals surface area contributed by atoms with Crippen LogP contribution in [0.3, 0.4) is 0 Å². The zero-order valence-electron chi connectivity index (χ0n) is 12.4. The van der Waals surface area contributed by atoms with Gasteiger partial charge in [0.15, 0.2) is 5.75 Å². The average Bonchev–Trinajstić information content (AvgIpc) is 2.50. The molecule has 0 atom stereocenters. The van der Waals surface area contributed by atoms with Crippen LogP contribution in [-0.4, -0.2) is 66.8 Å². The highest BCUT2D eigenvalue weighted by atomic mass is 16.5. The second-order valence-electron chi connectivity index (χ2n) is 5.01. The quantitative estimate of drug-likeness (QED) is 0.769. The van der Waals surface area contributed by atoms with Gasteiger partial charge in [-0.3, -0.25) is 9.69 Å². The molecule has 0 bridgehead atoms. The Balaban J connectivity index is 2.09. The number of rotatable bonds is 5. The van der Waals surface area contributed by atoms with Gasteiger partial charge in [0.25, 0.3) is 5.91 Å². The Morgan fingerprint density at radius 2 is 2.05 bits per heavy atom.